The third kappa shape index (κ3) is 2.94. The van der Waals surface area contributed by atoms with Crippen LogP contribution in [0.5, 0.6) is 0 Å². The number of nitrogens with zero attached hydrogens (tertiary/aromatic N) is 2. The van der Waals surface area contributed by atoms with Crippen LogP contribution in [0.1, 0.15) is 0 Å². The van der Waals surface area contributed by atoms with Crippen molar-refractivity contribution in [2.75, 3.05) is 5.32 Å². The molecule has 0 unspecified atom stereocenters. The number of thiocarbonyl (C=S) groups is 1. The minimum atomic E-state index is -0.288. The van der Waals surface area contributed by atoms with Crippen molar-refractivity contribution in [3.05, 3.63) is 42.3 Å². The molecule has 0 aliphatic carbocycles. The van der Waals surface area contributed by atoms with Crippen LogP contribution in [0, 0.1) is 5.82 Å². The lowest BCUT2D eigenvalue weighted by atomic mass is 10.1. The van der Waals surface area contributed by atoms with Gasteiger partial charge >= 0.3 is 0 Å². The van der Waals surface area contributed by atoms with Crippen molar-refractivity contribution in [2.45, 2.75) is 0 Å². The summed E-state index contributed by atoms with van der Waals surface area (Å²) in [6.45, 7) is 0. The predicted octanol–water partition coefficient (Wildman–Crippen LogP) is 1.94. The van der Waals surface area contributed by atoms with Crippen LogP contribution in [0.3, 0.4) is 0 Å². The second kappa shape index (κ2) is 4.84. The third-order valence-corrected chi connectivity index (χ3v) is 2.13. The molecular weight excluding hydrogens is 239 g/mol. The Morgan fingerprint density at radius 3 is 2.59 bits per heavy atom. The third-order valence-electron chi connectivity index (χ3n) is 2.03. The normalized spacial score (nSPS) is 9.94. The average Bonchev–Trinajstić information content (AvgIpc) is 2.29. The Labute approximate surface area is 103 Å². The van der Waals surface area contributed by atoms with Crippen LogP contribution in [0.15, 0.2) is 36.5 Å². The zero-order chi connectivity index (χ0) is 12.3. The van der Waals surface area contributed by atoms with E-state index in [2.05, 4.69) is 15.3 Å². The topological polar surface area (TPSA) is 63.8 Å². The van der Waals surface area contributed by atoms with Gasteiger partial charge in [-0.3, -0.25) is 0 Å². The molecule has 0 bridgehead atoms. The van der Waals surface area contributed by atoms with Crippen molar-refractivity contribution in [3.8, 4) is 11.3 Å². The lowest BCUT2D eigenvalue weighted by Gasteiger charge is -2.04. The average molecular weight is 248 g/mol. The summed E-state index contributed by atoms with van der Waals surface area (Å²) >= 11 is 4.69. The molecule has 2 aromatic rings. The molecule has 0 amide bonds. The van der Waals surface area contributed by atoms with Gasteiger partial charge in [-0.25, -0.2) is 14.4 Å². The summed E-state index contributed by atoms with van der Waals surface area (Å²) in [4.78, 5) is 8.16. The Hall–Kier alpha value is -2.08. The van der Waals surface area contributed by atoms with Gasteiger partial charge in [0.1, 0.15) is 5.82 Å². The van der Waals surface area contributed by atoms with Gasteiger partial charge in [-0.2, -0.15) is 0 Å². The quantitative estimate of drug-likeness (QED) is 0.795. The lowest BCUT2D eigenvalue weighted by Crippen LogP contribution is -2.20. The van der Waals surface area contributed by atoms with Crippen molar-refractivity contribution in [3.63, 3.8) is 0 Å². The SMILES string of the molecule is NC(=S)Nc1nccc(-c2ccc(F)cc2)n1. The summed E-state index contributed by atoms with van der Waals surface area (Å²) in [6.07, 6.45) is 1.58. The van der Waals surface area contributed by atoms with Crippen LogP contribution in [0.25, 0.3) is 11.3 Å². The standard InChI is InChI=1S/C11H9FN4S/c12-8-3-1-7(2-4-8)9-5-6-14-11(15-9)16-10(13)17/h1-6H,(H3,13,14,15,16,17). The van der Waals surface area contributed by atoms with E-state index < -0.39 is 0 Å². The van der Waals surface area contributed by atoms with Crippen molar-refractivity contribution in [1.82, 2.24) is 9.97 Å². The zero-order valence-corrected chi connectivity index (χ0v) is 9.54. The highest BCUT2D eigenvalue weighted by Crippen LogP contribution is 2.17. The van der Waals surface area contributed by atoms with Gasteiger partial charge in [-0.05, 0) is 42.5 Å². The van der Waals surface area contributed by atoms with Gasteiger partial charge in [0.25, 0.3) is 0 Å². The monoisotopic (exact) mass is 248 g/mol. The van der Waals surface area contributed by atoms with Crippen molar-refractivity contribution < 1.29 is 4.39 Å². The van der Waals surface area contributed by atoms with Crippen LogP contribution in [-0.2, 0) is 0 Å². The van der Waals surface area contributed by atoms with Crippen molar-refractivity contribution in [1.29, 1.82) is 0 Å². The Bertz CT molecular complexity index is 541. The van der Waals surface area contributed by atoms with E-state index in [0.29, 0.717) is 11.6 Å². The Morgan fingerprint density at radius 1 is 1.24 bits per heavy atom. The molecule has 6 heteroatoms. The number of nitrogens with one attached hydrogen (secondary N) is 1. The summed E-state index contributed by atoms with van der Waals surface area (Å²) in [6, 6.07) is 7.75. The van der Waals surface area contributed by atoms with Crippen LogP contribution in [-0.4, -0.2) is 15.1 Å². The highest BCUT2D eigenvalue weighted by molar-refractivity contribution is 7.80. The second-order valence-corrected chi connectivity index (χ2v) is 3.70. The molecule has 0 spiro atoms. The molecule has 2 rings (SSSR count). The number of hydrogen-bond acceptors (Lipinski definition) is 3. The maximum atomic E-state index is 12.8. The minimum Gasteiger partial charge on any atom is -0.376 e. The number of aromatic nitrogens is 2. The molecule has 17 heavy (non-hydrogen) atoms. The molecule has 0 saturated heterocycles. The first kappa shape index (κ1) is 11.4. The van der Waals surface area contributed by atoms with E-state index in [1.54, 1.807) is 24.4 Å². The second-order valence-electron chi connectivity index (χ2n) is 3.26. The number of hydrogen-bond donors (Lipinski definition) is 2. The smallest absolute Gasteiger partial charge is 0.229 e. The van der Waals surface area contributed by atoms with E-state index in [0.717, 1.165) is 5.56 Å². The molecule has 1 aromatic carbocycles. The van der Waals surface area contributed by atoms with Crippen molar-refractivity contribution in [2.24, 2.45) is 5.73 Å². The summed E-state index contributed by atoms with van der Waals surface area (Å²) in [5.74, 6) is 0.0311. The number of rotatable bonds is 2. The molecule has 1 aromatic heterocycles. The van der Waals surface area contributed by atoms with Gasteiger partial charge in [0.15, 0.2) is 5.11 Å². The van der Waals surface area contributed by atoms with Crippen LogP contribution in [0.2, 0.25) is 0 Å². The first-order valence-corrected chi connectivity index (χ1v) is 5.21. The van der Waals surface area contributed by atoms with E-state index in [4.69, 9.17) is 18.0 Å². The Morgan fingerprint density at radius 2 is 1.94 bits per heavy atom. The predicted molar refractivity (Wildman–Crippen MR) is 67.8 cm³/mol. The van der Waals surface area contributed by atoms with Gasteiger partial charge in [0.05, 0.1) is 5.69 Å². The molecule has 0 fully saturated rings. The van der Waals surface area contributed by atoms with E-state index >= 15 is 0 Å². The molecule has 0 radical (unpaired) electrons. The number of anilines is 1. The maximum Gasteiger partial charge on any atom is 0.229 e. The van der Waals surface area contributed by atoms with Gasteiger partial charge < -0.3 is 11.1 Å². The Kier molecular flexibility index (Phi) is 3.24. The van der Waals surface area contributed by atoms with Gasteiger partial charge in [-0.15, -0.1) is 0 Å². The van der Waals surface area contributed by atoms with E-state index in [1.807, 2.05) is 0 Å². The maximum absolute atomic E-state index is 12.8. The molecule has 4 nitrogen and oxygen atoms in total. The Balaban J connectivity index is 2.32. The molecule has 0 atom stereocenters. The van der Waals surface area contributed by atoms with E-state index in [-0.39, 0.29) is 10.9 Å². The van der Waals surface area contributed by atoms with Crippen LogP contribution in [0.4, 0.5) is 10.3 Å². The molecule has 0 saturated carbocycles. The van der Waals surface area contributed by atoms with E-state index in [9.17, 15) is 4.39 Å². The summed E-state index contributed by atoms with van der Waals surface area (Å²) < 4.78 is 12.8. The fourth-order valence-electron chi connectivity index (χ4n) is 1.31. The summed E-state index contributed by atoms with van der Waals surface area (Å²) in [5, 5.41) is 2.74. The van der Waals surface area contributed by atoms with E-state index in [1.165, 1.54) is 12.1 Å². The van der Waals surface area contributed by atoms with Crippen LogP contribution >= 0.6 is 12.2 Å². The highest BCUT2D eigenvalue weighted by Gasteiger charge is 2.02. The highest BCUT2D eigenvalue weighted by atomic mass is 32.1. The molecule has 86 valence electrons. The zero-order valence-electron chi connectivity index (χ0n) is 8.72. The fraction of sp³-hybridized carbons (Fsp3) is 0. The molecule has 0 aliphatic rings. The van der Waals surface area contributed by atoms with Crippen molar-refractivity contribution >= 4 is 23.3 Å². The molecular formula is C11H9FN4S. The fourth-order valence-corrected chi connectivity index (χ4v) is 1.40. The molecule has 0 aliphatic heterocycles. The minimum absolute atomic E-state index is 0.0984. The first-order chi connectivity index (χ1) is 8.15. The molecule has 3 N–H and O–H groups in total. The number of benzene rings is 1. The molecule has 1 heterocycles. The van der Waals surface area contributed by atoms with Gasteiger partial charge in [0, 0.05) is 11.8 Å². The summed E-state index contributed by atoms with van der Waals surface area (Å²) in [7, 11) is 0. The van der Waals surface area contributed by atoms with Gasteiger partial charge in [0.2, 0.25) is 5.95 Å². The largest absolute Gasteiger partial charge is 0.376 e. The van der Waals surface area contributed by atoms with Gasteiger partial charge in [-0.1, -0.05) is 0 Å². The number of nitrogens with two attached hydrogens (primary N) is 1. The first-order valence-electron chi connectivity index (χ1n) is 4.80. The lowest BCUT2D eigenvalue weighted by molar-refractivity contribution is 0.628. The van der Waals surface area contributed by atoms with Crippen LogP contribution < -0.4 is 11.1 Å². The summed E-state index contributed by atoms with van der Waals surface area (Å²) in [5.41, 5.74) is 6.78. The number of halogens is 1.